The highest BCUT2D eigenvalue weighted by Crippen LogP contribution is 2.28. The average Bonchev–Trinajstić information content (AvgIpc) is 2.27. The molecule has 4 heteroatoms. The summed E-state index contributed by atoms with van der Waals surface area (Å²) in [6.45, 7) is 0. The molecule has 1 aromatic carbocycles. The maximum absolute atomic E-state index is 9.49. The number of rotatable bonds is 2. The van der Waals surface area contributed by atoms with E-state index >= 15 is 0 Å². The third-order valence-electron chi connectivity index (χ3n) is 2.18. The minimum atomic E-state index is 0.0547. The predicted octanol–water partition coefficient (Wildman–Crippen LogP) is 3.64. The first-order valence-corrected chi connectivity index (χ1v) is 6.20. The molecule has 2 aromatic rings. The molecule has 0 radical (unpaired) electrons. The largest absolute Gasteiger partial charge is 0.504 e. The first-order chi connectivity index (χ1) is 7.66. The molecule has 0 saturated heterocycles. The van der Waals surface area contributed by atoms with E-state index < -0.39 is 0 Å². The summed E-state index contributed by atoms with van der Waals surface area (Å²) in [6.07, 6.45) is 0.719. The molecular formula is C12H9ClINO. The van der Waals surface area contributed by atoms with Crippen LogP contribution in [0.1, 0.15) is 11.3 Å². The Labute approximate surface area is 112 Å². The zero-order valence-electron chi connectivity index (χ0n) is 8.32. The van der Waals surface area contributed by atoms with Crippen LogP contribution in [0.4, 0.5) is 0 Å². The molecule has 0 aliphatic heterocycles. The molecule has 0 aliphatic rings. The lowest BCUT2D eigenvalue weighted by atomic mass is 10.1. The van der Waals surface area contributed by atoms with Gasteiger partial charge in [-0.3, -0.25) is 0 Å². The van der Waals surface area contributed by atoms with Crippen LogP contribution in [0.15, 0.2) is 36.4 Å². The molecule has 2 nitrogen and oxygen atoms in total. The summed E-state index contributed by atoms with van der Waals surface area (Å²) < 4.78 is 0.725. The van der Waals surface area contributed by atoms with Crippen LogP contribution in [0, 0.1) is 3.57 Å². The summed E-state index contributed by atoms with van der Waals surface area (Å²) in [5, 5.41) is 9.66. The predicted molar refractivity (Wildman–Crippen MR) is 72.9 cm³/mol. The van der Waals surface area contributed by atoms with Gasteiger partial charge >= 0.3 is 0 Å². The van der Waals surface area contributed by atoms with E-state index in [0.717, 1.165) is 15.7 Å². The molecule has 1 N–H and O–H groups in total. The van der Waals surface area contributed by atoms with Crippen molar-refractivity contribution >= 4 is 34.2 Å². The van der Waals surface area contributed by atoms with Crippen LogP contribution in [-0.2, 0) is 6.42 Å². The Kier molecular flexibility index (Phi) is 3.66. The van der Waals surface area contributed by atoms with E-state index in [4.69, 9.17) is 11.6 Å². The minimum absolute atomic E-state index is 0.0547. The SMILES string of the molecule is Oc1c(I)cc(Cc2ccccc2)nc1Cl. The van der Waals surface area contributed by atoms with Gasteiger partial charge in [0, 0.05) is 12.1 Å². The van der Waals surface area contributed by atoms with Crippen LogP contribution in [0.2, 0.25) is 5.15 Å². The molecule has 0 bridgehead atoms. The summed E-state index contributed by atoms with van der Waals surface area (Å²) in [5.74, 6) is 0.0547. The molecule has 0 atom stereocenters. The van der Waals surface area contributed by atoms with Crippen LogP contribution < -0.4 is 0 Å². The van der Waals surface area contributed by atoms with Gasteiger partial charge in [0.2, 0.25) is 0 Å². The van der Waals surface area contributed by atoms with E-state index in [1.54, 1.807) is 0 Å². The van der Waals surface area contributed by atoms with E-state index in [1.165, 1.54) is 5.56 Å². The molecule has 82 valence electrons. The zero-order chi connectivity index (χ0) is 11.5. The molecule has 0 unspecified atom stereocenters. The van der Waals surface area contributed by atoms with E-state index in [1.807, 2.05) is 59.0 Å². The van der Waals surface area contributed by atoms with Gasteiger partial charge in [-0.25, -0.2) is 4.98 Å². The Morgan fingerprint density at radius 3 is 2.56 bits per heavy atom. The number of pyridine rings is 1. The average molecular weight is 346 g/mol. The molecule has 2 rings (SSSR count). The zero-order valence-corrected chi connectivity index (χ0v) is 11.2. The Hall–Kier alpha value is -0.810. The summed E-state index contributed by atoms with van der Waals surface area (Å²) in [5.41, 5.74) is 2.03. The van der Waals surface area contributed by atoms with Crippen molar-refractivity contribution in [2.24, 2.45) is 0 Å². The second kappa shape index (κ2) is 5.01. The Bertz CT molecular complexity index is 479. The lowest BCUT2D eigenvalue weighted by molar-refractivity contribution is 0.468. The number of nitrogens with zero attached hydrogens (tertiary/aromatic N) is 1. The number of hydrogen-bond donors (Lipinski definition) is 1. The fraction of sp³-hybridized carbons (Fsp3) is 0.0833. The van der Waals surface area contributed by atoms with Crippen molar-refractivity contribution in [1.29, 1.82) is 0 Å². The summed E-state index contributed by atoms with van der Waals surface area (Å²) in [4.78, 5) is 4.14. The highest BCUT2D eigenvalue weighted by Gasteiger charge is 2.08. The van der Waals surface area contributed by atoms with Gasteiger partial charge in [0.15, 0.2) is 10.9 Å². The summed E-state index contributed by atoms with van der Waals surface area (Å²) >= 11 is 7.86. The van der Waals surface area contributed by atoms with Crippen molar-refractivity contribution in [2.45, 2.75) is 6.42 Å². The maximum atomic E-state index is 9.49. The molecule has 1 aromatic heterocycles. The summed E-state index contributed by atoms with van der Waals surface area (Å²) in [6, 6.07) is 11.9. The number of halogens is 2. The Morgan fingerprint density at radius 2 is 1.94 bits per heavy atom. The van der Waals surface area contributed by atoms with E-state index in [-0.39, 0.29) is 10.9 Å². The number of aromatic nitrogens is 1. The minimum Gasteiger partial charge on any atom is -0.504 e. The van der Waals surface area contributed by atoms with Crippen molar-refractivity contribution < 1.29 is 5.11 Å². The normalized spacial score (nSPS) is 10.4. The van der Waals surface area contributed by atoms with Gasteiger partial charge in [-0.1, -0.05) is 41.9 Å². The quantitative estimate of drug-likeness (QED) is 0.666. The molecular weight excluding hydrogens is 336 g/mol. The highest BCUT2D eigenvalue weighted by atomic mass is 127. The second-order valence-electron chi connectivity index (χ2n) is 3.40. The molecule has 0 amide bonds. The monoisotopic (exact) mass is 345 g/mol. The number of aromatic hydroxyl groups is 1. The molecule has 0 aliphatic carbocycles. The lowest BCUT2D eigenvalue weighted by Gasteiger charge is -2.04. The molecule has 0 saturated carbocycles. The van der Waals surface area contributed by atoms with E-state index in [0.29, 0.717) is 0 Å². The van der Waals surface area contributed by atoms with Crippen molar-refractivity contribution in [3.05, 3.63) is 56.4 Å². The first-order valence-electron chi connectivity index (χ1n) is 4.74. The van der Waals surface area contributed by atoms with Crippen LogP contribution in [0.5, 0.6) is 5.75 Å². The molecule has 0 fully saturated rings. The van der Waals surface area contributed by atoms with Crippen LogP contribution in [0.25, 0.3) is 0 Å². The fourth-order valence-corrected chi connectivity index (χ4v) is 2.40. The third-order valence-corrected chi connectivity index (χ3v) is 3.27. The second-order valence-corrected chi connectivity index (χ2v) is 4.92. The van der Waals surface area contributed by atoms with Crippen LogP contribution in [-0.4, -0.2) is 10.1 Å². The Balaban J connectivity index is 2.29. The topological polar surface area (TPSA) is 33.1 Å². The molecule has 1 heterocycles. The van der Waals surface area contributed by atoms with Crippen molar-refractivity contribution in [1.82, 2.24) is 4.98 Å². The van der Waals surface area contributed by atoms with Gasteiger partial charge in [-0.15, -0.1) is 0 Å². The van der Waals surface area contributed by atoms with Gasteiger partial charge in [-0.2, -0.15) is 0 Å². The Morgan fingerprint density at radius 1 is 1.25 bits per heavy atom. The first kappa shape index (κ1) is 11.7. The van der Waals surface area contributed by atoms with E-state index in [2.05, 4.69) is 4.98 Å². The van der Waals surface area contributed by atoms with Crippen molar-refractivity contribution in [2.75, 3.05) is 0 Å². The molecule has 0 spiro atoms. The number of hydrogen-bond acceptors (Lipinski definition) is 2. The van der Waals surface area contributed by atoms with Gasteiger partial charge in [0.05, 0.1) is 3.57 Å². The molecule has 16 heavy (non-hydrogen) atoms. The van der Waals surface area contributed by atoms with Gasteiger partial charge in [0.25, 0.3) is 0 Å². The number of benzene rings is 1. The fourth-order valence-electron chi connectivity index (χ4n) is 1.42. The van der Waals surface area contributed by atoms with Crippen LogP contribution >= 0.6 is 34.2 Å². The van der Waals surface area contributed by atoms with Crippen LogP contribution in [0.3, 0.4) is 0 Å². The van der Waals surface area contributed by atoms with Crippen molar-refractivity contribution in [3.63, 3.8) is 0 Å². The van der Waals surface area contributed by atoms with Gasteiger partial charge in [-0.05, 0) is 34.2 Å². The summed E-state index contributed by atoms with van der Waals surface area (Å²) in [7, 11) is 0. The van der Waals surface area contributed by atoms with Gasteiger partial charge < -0.3 is 5.11 Å². The van der Waals surface area contributed by atoms with Gasteiger partial charge in [0.1, 0.15) is 0 Å². The lowest BCUT2D eigenvalue weighted by Crippen LogP contribution is -1.94. The smallest absolute Gasteiger partial charge is 0.172 e. The standard InChI is InChI=1S/C12H9ClINO/c13-12-11(16)10(14)7-9(15-12)6-8-4-2-1-3-5-8/h1-5,7,16H,6H2. The highest BCUT2D eigenvalue weighted by molar-refractivity contribution is 14.1. The van der Waals surface area contributed by atoms with E-state index in [9.17, 15) is 5.11 Å². The van der Waals surface area contributed by atoms with Crippen molar-refractivity contribution in [3.8, 4) is 5.75 Å². The maximum Gasteiger partial charge on any atom is 0.172 e. The third kappa shape index (κ3) is 2.65.